The molecule has 0 spiro atoms. The van der Waals surface area contributed by atoms with Crippen molar-refractivity contribution in [2.75, 3.05) is 26.3 Å². The fraction of sp³-hybridized carbons (Fsp3) is 0.387. The average molecular weight is 531 g/mol. The van der Waals surface area contributed by atoms with Crippen LogP contribution in [-0.4, -0.2) is 58.5 Å². The van der Waals surface area contributed by atoms with Gasteiger partial charge in [-0.2, -0.15) is 0 Å². The van der Waals surface area contributed by atoms with Gasteiger partial charge in [-0.3, -0.25) is 24.7 Å². The number of carbonyl (C=O) groups is 2. The summed E-state index contributed by atoms with van der Waals surface area (Å²) >= 11 is 0. The van der Waals surface area contributed by atoms with Gasteiger partial charge in [0.15, 0.2) is 0 Å². The highest BCUT2D eigenvalue weighted by Gasteiger charge is 2.45. The molecule has 8 nitrogen and oxygen atoms in total. The molecule has 2 amide bonds. The van der Waals surface area contributed by atoms with Crippen molar-refractivity contribution in [3.8, 4) is 0 Å². The zero-order chi connectivity index (χ0) is 28.0. The summed E-state index contributed by atoms with van der Waals surface area (Å²) in [6.45, 7) is 12.0. The van der Waals surface area contributed by atoms with Crippen LogP contribution in [0.1, 0.15) is 43.2 Å². The van der Waals surface area contributed by atoms with Gasteiger partial charge in [-0.25, -0.2) is 5.01 Å². The van der Waals surface area contributed by atoms with Crippen LogP contribution >= 0.6 is 0 Å². The molecule has 2 unspecified atom stereocenters. The number of nitrogens with zero attached hydrogens (tertiary/aromatic N) is 2. The zero-order valence-corrected chi connectivity index (χ0v) is 23.0. The maximum Gasteiger partial charge on any atom is 0.261 e. The number of nitrogens with one attached hydrogen (secondary N) is 2. The predicted octanol–water partition coefficient (Wildman–Crippen LogP) is 3.41. The van der Waals surface area contributed by atoms with E-state index in [0.29, 0.717) is 44.7 Å². The number of hydrogen-bond donors (Lipinski definition) is 2. The zero-order valence-electron chi connectivity index (χ0n) is 23.0. The number of rotatable bonds is 8. The molecule has 4 rings (SSSR count). The van der Waals surface area contributed by atoms with E-state index in [2.05, 4.69) is 34.0 Å². The van der Waals surface area contributed by atoms with E-state index in [1.807, 2.05) is 63.2 Å². The number of allylic oxidation sites excluding steroid dienone is 2. The van der Waals surface area contributed by atoms with Crippen molar-refractivity contribution in [1.82, 2.24) is 20.3 Å². The van der Waals surface area contributed by atoms with Crippen LogP contribution in [0.5, 0.6) is 0 Å². The van der Waals surface area contributed by atoms with Crippen molar-refractivity contribution in [2.24, 2.45) is 5.92 Å². The molecule has 2 aromatic rings. The molecule has 206 valence electrons. The van der Waals surface area contributed by atoms with Crippen LogP contribution in [0, 0.1) is 5.92 Å². The Morgan fingerprint density at radius 3 is 2.56 bits per heavy atom. The maximum atomic E-state index is 14.5. The molecule has 8 heteroatoms. The number of pyridine rings is 1. The van der Waals surface area contributed by atoms with Crippen molar-refractivity contribution in [1.29, 1.82) is 0 Å². The molecular weight excluding hydrogens is 492 g/mol. The number of H-pyrrole nitrogens is 1. The Balaban J connectivity index is 1.78. The van der Waals surface area contributed by atoms with E-state index in [9.17, 15) is 14.4 Å². The minimum Gasteiger partial charge on any atom is -0.379 e. The van der Waals surface area contributed by atoms with E-state index >= 15 is 0 Å². The van der Waals surface area contributed by atoms with Gasteiger partial charge in [0.25, 0.3) is 11.5 Å². The Bertz CT molecular complexity index is 1320. The van der Waals surface area contributed by atoms with Gasteiger partial charge >= 0.3 is 0 Å². The second kappa shape index (κ2) is 12.4. The number of carbonyl (C=O) groups excluding carboxylic acids is 2. The number of ether oxygens (including phenoxy) is 1. The van der Waals surface area contributed by atoms with E-state index in [0.717, 1.165) is 28.5 Å². The summed E-state index contributed by atoms with van der Waals surface area (Å²) in [5, 5.41) is 1.28. The van der Waals surface area contributed by atoms with Gasteiger partial charge in [0.1, 0.15) is 0 Å². The third-order valence-electron chi connectivity index (χ3n) is 7.70. The monoisotopic (exact) mass is 530 g/mol. The van der Waals surface area contributed by atoms with Crippen molar-refractivity contribution in [3.63, 3.8) is 0 Å². The van der Waals surface area contributed by atoms with E-state index in [1.54, 1.807) is 0 Å². The highest BCUT2D eigenvalue weighted by molar-refractivity contribution is 5.92. The second-order valence-corrected chi connectivity index (χ2v) is 10.1. The highest BCUT2D eigenvalue weighted by Crippen LogP contribution is 2.37. The normalized spacial score (nSPS) is 21.2. The number of aryl methyl sites for hydroxylation is 2. The van der Waals surface area contributed by atoms with Crippen LogP contribution in [-0.2, 0) is 33.7 Å². The molecule has 1 saturated heterocycles. The summed E-state index contributed by atoms with van der Waals surface area (Å²) in [6, 6.07) is 11.9. The molecule has 0 bridgehead atoms. The number of aromatic amines is 1. The fourth-order valence-corrected chi connectivity index (χ4v) is 5.31. The first-order chi connectivity index (χ1) is 18.8. The van der Waals surface area contributed by atoms with Crippen molar-refractivity contribution < 1.29 is 14.3 Å². The van der Waals surface area contributed by atoms with Gasteiger partial charge in [-0.1, -0.05) is 69.0 Å². The minimum absolute atomic E-state index is 0.0607. The molecule has 39 heavy (non-hydrogen) atoms. The Kier molecular flexibility index (Phi) is 8.99. The number of aromatic nitrogens is 1. The number of hydrogen-bond acceptors (Lipinski definition) is 5. The number of amides is 2. The van der Waals surface area contributed by atoms with Gasteiger partial charge < -0.3 is 9.72 Å². The van der Waals surface area contributed by atoms with Gasteiger partial charge in [0.05, 0.1) is 31.2 Å². The first-order valence-electron chi connectivity index (χ1n) is 13.6. The van der Waals surface area contributed by atoms with Crippen LogP contribution in [0.25, 0.3) is 5.57 Å². The topological polar surface area (TPSA) is 94.7 Å². The fourth-order valence-electron chi connectivity index (χ4n) is 5.31. The summed E-state index contributed by atoms with van der Waals surface area (Å²) in [4.78, 5) is 45.3. The molecule has 2 heterocycles. The maximum absolute atomic E-state index is 14.5. The van der Waals surface area contributed by atoms with Crippen LogP contribution in [0.4, 0.5) is 0 Å². The first kappa shape index (κ1) is 28.3. The molecule has 1 aromatic heterocycles. The smallest absolute Gasteiger partial charge is 0.261 e. The lowest BCUT2D eigenvalue weighted by Crippen LogP contribution is -2.60. The Labute approximate surface area is 230 Å². The van der Waals surface area contributed by atoms with Gasteiger partial charge in [-0.05, 0) is 48.6 Å². The highest BCUT2D eigenvalue weighted by atomic mass is 16.5. The number of hydrazine groups is 1. The van der Waals surface area contributed by atoms with Crippen LogP contribution < -0.4 is 11.0 Å². The SMILES string of the molecule is C=CC(=O)NN(Cc1c(CC)cc(CC)[nH]c1=O)C(=O)C1C=C(c2ccccc2)C=CC1(C)N1CCOCC1. The molecule has 2 aliphatic rings. The molecule has 0 saturated carbocycles. The molecule has 1 aliphatic carbocycles. The van der Waals surface area contributed by atoms with E-state index in [-0.39, 0.29) is 18.0 Å². The minimum atomic E-state index is -0.664. The Morgan fingerprint density at radius 1 is 1.21 bits per heavy atom. The van der Waals surface area contributed by atoms with Crippen molar-refractivity contribution in [3.05, 3.63) is 100 Å². The molecule has 2 N–H and O–H groups in total. The van der Waals surface area contributed by atoms with Gasteiger partial charge in [0, 0.05) is 24.3 Å². The van der Waals surface area contributed by atoms with Crippen LogP contribution in [0.2, 0.25) is 0 Å². The van der Waals surface area contributed by atoms with E-state index in [1.165, 1.54) is 5.01 Å². The molecule has 1 aromatic carbocycles. The lowest BCUT2D eigenvalue weighted by Gasteiger charge is -2.47. The first-order valence-corrected chi connectivity index (χ1v) is 13.6. The molecular formula is C31H38N4O4. The third-order valence-corrected chi connectivity index (χ3v) is 7.70. The summed E-state index contributed by atoms with van der Waals surface area (Å²) < 4.78 is 5.59. The third kappa shape index (κ3) is 6.13. The molecule has 1 aliphatic heterocycles. The Morgan fingerprint density at radius 2 is 1.92 bits per heavy atom. The summed E-state index contributed by atoms with van der Waals surface area (Å²) in [5.74, 6) is -1.47. The van der Waals surface area contributed by atoms with Crippen LogP contribution in [0.3, 0.4) is 0 Å². The number of morpholine rings is 1. The summed E-state index contributed by atoms with van der Waals surface area (Å²) in [7, 11) is 0. The Hall–Kier alpha value is -3.75. The van der Waals surface area contributed by atoms with Gasteiger partial charge in [0.2, 0.25) is 5.91 Å². The van der Waals surface area contributed by atoms with Crippen LogP contribution in [0.15, 0.2) is 72.1 Å². The van der Waals surface area contributed by atoms with Crippen molar-refractivity contribution in [2.45, 2.75) is 45.7 Å². The quantitative estimate of drug-likeness (QED) is 0.403. The predicted molar refractivity (Wildman–Crippen MR) is 153 cm³/mol. The summed E-state index contributed by atoms with van der Waals surface area (Å²) in [5.41, 5.74) is 5.84. The second-order valence-electron chi connectivity index (χ2n) is 10.1. The van der Waals surface area contributed by atoms with E-state index in [4.69, 9.17) is 4.74 Å². The number of benzene rings is 1. The molecule has 1 fully saturated rings. The molecule has 2 atom stereocenters. The molecule has 0 radical (unpaired) electrons. The van der Waals surface area contributed by atoms with Gasteiger partial charge in [-0.15, -0.1) is 0 Å². The lowest BCUT2D eigenvalue weighted by atomic mass is 9.76. The lowest BCUT2D eigenvalue weighted by molar-refractivity contribution is -0.146. The van der Waals surface area contributed by atoms with E-state index < -0.39 is 17.4 Å². The average Bonchev–Trinajstić information content (AvgIpc) is 2.98. The van der Waals surface area contributed by atoms with Crippen molar-refractivity contribution >= 4 is 17.4 Å². The standard InChI is InChI=1S/C31H38N4O4/c1-5-22-19-25(6-2)32-29(37)26(22)21-35(33-28(36)7-3)30(38)27-20-24(23-11-9-8-10-12-23)13-14-31(27,4)34-15-17-39-18-16-34/h7-14,19-20,27H,3,5-6,15-18,21H2,1-2,4H3,(H,32,37)(H,33,36). The summed E-state index contributed by atoms with van der Waals surface area (Å²) in [6.07, 6.45) is 8.56. The largest absolute Gasteiger partial charge is 0.379 e.